The second-order valence-corrected chi connectivity index (χ2v) is 7.27. The Morgan fingerprint density at radius 1 is 1.10 bits per heavy atom. The molecule has 0 saturated heterocycles. The first-order valence-electron chi connectivity index (χ1n) is 9.10. The van der Waals surface area contributed by atoms with Gasteiger partial charge in [-0.05, 0) is 32.6 Å². The summed E-state index contributed by atoms with van der Waals surface area (Å²) >= 11 is 0. The van der Waals surface area contributed by atoms with Crippen molar-refractivity contribution in [2.24, 2.45) is 11.1 Å². The molecule has 3 unspecified atom stereocenters. The highest BCUT2D eigenvalue weighted by Crippen LogP contribution is 2.51. The molecular weight excluding hydrogens is 246 g/mol. The highest BCUT2D eigenvalue weighted by molar-refractivity contribution is 5.07. The molecule has 2 saturated carbocycles. The summed E-state index contributed by atoms with van der Waals surface area (Å²) in [5, 5.41) is 0. The fourth-order valence-corrected chi connectivity index (χ4v) is 4.26. The number of hydrogen-bond donors (Lipinski definition) is 1. The quantitative estimate of drug-likeness (QED) is 0.680. The molecule has 0 bridgehead atoms. The Balaban J connectivity index is 1.77. The average molecular weight is 281 g/mol. The molecule has 0 heterocycles. The summed E-state index contributed by atoms with van der Waals surface area (Å²) in [5.74, 6) is 0. The SMILES string of the molecule is CCCCCCC(C)OC1CC(N)C12CCCCCC2. The lowest BCUT2D eigenvalue weighted by molar-refractivity contribution is -0.159. The molecule has 0 aromatic rings. The topological polar surface area (TPSA) is 35.2 Å². The van der Waals surface area contributed by atoms with Crippen molar-refractivity contribution in [3.63, 3.8) is 0 Å². The van der Waals surface area contributed by atoms with Crippen molar-refractivity contribution >= 4 is 0 Å². The third-order valence-electron chi connectivity index (χ3n) is 5.74. The van der Waals surface area contributed by atoms with E-state index in [-0.39, 0.29) is 0 Å². The normalized spacial score (nSPS) is 30.8. The third-order valence-corrected chi connectivity index (χ3v) is 5.74. The van der Waals surface area contributed by atoms with Crippen LogP contribution in [-0.4, -0.2) is 18.2 Å². The molecule has 0 aromatic carbocycles. The van der Waals surface area contributed by atoms with Crippen molar-refractivity contribution in [2.75, 3.05) is 0 Å². The van der Waals surface area contributed by atoms with E-state index in [4.69, 9.17) is 10.5 Å². The van der Waals surface area contributed by atoms with Crippen molar-refractivity contribution in [3.05, 3.63) is 0 Å². The van der Waals surface area contributed by atoms with E-state index in [1.54, 1.807) is 0 Å². The van der Waals surface area contributed by atoms with Crippen LogP contribution in [0.4, 0.5) is 0 Å². The van der Waals surface area contributed by atoms with Crippen LogP contribution in [-0.2, 0) is 4.74 Å². The minimum absolute atomic E-state index is 0.341. The smallest absolute Gasteiger partial charge is 0.0664 e. The van der Waals surface area contributed by atoms with Crippen LogP contribution >= 0.6 is 0 Å². The summed E-state index contributed by atoms with van der Waals surface area (Å²) in [6.07, 6.45) is 16.7. The van der Waals surface area contributed by atoms with E-state index in [0.29, 0.717) is 23.7 Å². The lowest BCUT2D eigenvalue weighted by Crippen LogP contribution is -2.62. The maximum atomic E-state index is 6.41. The first-order valence-corrected chi connectivity index (χ1v) is 9.10. The molecule has 20 heavy (non-hydrogen) atoms. The van der Waals surface area contributed by atoms with E-state index in [9.17, 15) is 0 Å². The summed E-state index contributed by atoms with van der Waals surface area (Å²) in [6.45, 7) is 4.53. The minimum Gasteiger partial charge on any atom is -0.375 e. The molecule has 1 spiro atoms. The van der Waals surface area contributed by atoms with E-state index in [1.807, 2.05) is 0 Å². The van der Waals surface area contributed by atoms with Gasteiger partial charge in [-0.2, -0.15) is 0 Å². The summed E-state index contributed by atoms with van der Waals surface area (Å²) < 4.78 is 6.41. The third kappa shape index (κ3) is 3.76. The summed E-state index contributed by atoms with van der Waals surface area (Å²) in [7, 11) is 0. The van der Waals surface area contributed by atoms with Crippen LogP contribution in [0.2, 0.25) is 0 Å². The fourth-order valence-electron chi connectivity index (χ4n) is 4.26. The molecule has 2 aliphatic rings. The monoisotopic (exact) mass is 281 g/mol. The van der Waals surface area contributed by atoms with E-state index < -0.39 is 0 Å². The molecule has 0 radical (unpaired) electrons. The van der Waals surface area contributed by atoms with Gasteiger partial charge in [0.25, 0.3) is 0 Å². The predicted molar refractivity (Wildman–Crippen MR) is 85.8 cm³/mol. The van der Waals surface area contributed by atoms with Crippen molar-refractivity contribution in [3.8, 4) is 0 Å². The Kier molecular flexibility index (Phi) is 6.35. The van der Waals surface area contributed by atoms with Crippen LogP contribution in [0.3, 0.4) is 0 Å². The van der Waals surface area contributed by atoms with Crippen LogP contribution in [0.15, 0.2) is 0 Å². The number of hydrogen-bond acceptors (Lipinski definition) is 2. The van der Waals surface area contributed by atoms with Gasteiger partial charge in [-0.15, -0.1) is 0 Å². The highest BCUT2D eigenvalue weighted by Gasteiger charge is 2.53. The van der Waals surface area contributed by atoms with E-state index in [0.717, 1.165) is 6.42 Å². The highest BCUT2D eigenvalue weighted by atomic mass is 16.5. The van der Waals surface area contributed by atoms with Gasteiger partial charge in [0, 0.05) is 11.5 Å². The van der Waals surface area contributed by atoms with Gasteiger partial charge in [-0.25, -0.2) is 0 Å². The number of unbranched alkanes of at least 4 members (excludes halogenated alkanes) is 3. The van der Waals surface area contributed by atoms with Crippen LogP contribution in [0.1, 0.15) is 90.9 Å². The molecule has 118 valence electrons. The van der Waals surface area contributed by atoms with Gasteiger partial charge in [-0.1, -0.05) is 58.3 Å². The Hall–Kier alpha value is -0.0800. The molecule has 0 aromatic heterocycles. The molecule has 2 heteroatoms. The molecule has 2 nitrogen and oxygen atoms in total. The molecule has 3 atom stereocenters. The van der Waals surface area contributed by atoms with Gasteiger partial charge < -0.3 is 10.5 Å². The number of ether oxygens (including phenoxy) is 1. The summed E-state index contributed by atoms with van der Waals surface area (Å²) in [5.41, 5.74) is 6.72. The average Bonchev–Trinajstić information content (AvgIpc) is 2.71. The second kappa shape index (κ2) is 7.79. The standard InChI is InChI=1S/C18H35NO/c1-3-4-5-8-11-15(2)20-17-14-16(19)18(17)12-9-6-7-10-13-18/h15-17H,3-14,19H2,1-2H3. The molecule has 2 N–H and O–H groups in total. The van der Waals surface area contributed by atoms with Crippen molar-refractivity contribution < 1.29 is 4.74 Å². The van der Waals surface area contributed by atoms with Gasteiger partial charge in [0.2, 0.25) is 0 Å². The van der Waals surface area contributed by atoms with Gasteiger partial charge in [0.05, 0.1) is 12.2 Å². The minimum atomic E-state index is 0.341. The lowest BCUT2D eigenvalue weighted by Gasteiger charge is -2.55. The molecule has 2 fully saturated rings. The molecular formula is C18H35NO. The first kappa shape index (κ1) is 16.3. The Morgan fingerprint density at radius 2 is 1.80 bits per heavy atom. The maximum absolute atomic E-state index is 6.41. The zero-order chi connectivity index (χ0) is 14.4. The van der Waals surface area contributed by atoms with E-state index >= 15 is 0 Å². The molecule has 0 aliphatic heterocycles. The van der Waals surface area contributed by atoms with Crippen LogP contribution in [0.5, 0.6) is 0 Å². The van der Waals surface area contributed by atoms with Crippen molar-refractivity contribution in [1.82, 2.24) is 0 Å². The fraction of sp³-hybridized carbons (Fsp3) is 1.00. The van der Waals surface area contributed by atoms with Crippen LogP contribution in [0, 0.1) is 5.41 Å². The zero-order valence-electron chi connectivity index (χ0n) is 13.7. The van der Waals surface area contributed by atoms with Gasteiger partial charge in [0.15, 0.2) is 0 Å². The molecule has 2 aliphatic carbocycles. The Bertz CT molecular complexity index is 271. The van der Waals surface area contributed by atoms with Crippen molar-refractivity contribution in [2.45, 2.75) is 109 Å². The zero-order valence-corrected chi connectivity index (χ0v) is 13.7. The first-order chi connectivity index (χ1) is 9.69. The number of rotatable bonds is 7. The molecule has 0 amide bonds. The molecule has 2 rings (SSSR count). The van der Waals surface area contributed by atoms with Crippen LogP contribution in [0.25, 0.3) is 0 Å². The summed E-state index contributed by atoms with van der Waals surface area (Å²) in [6, 6.07) is 0.401. The van der Waals surface area contributed by atoms with E-state index in [1.165, 1.54) is 70.6 Å². The van der Waals surface area contributed by atoms with Crippen LogP contribution < -0.4 is 5.73 Å². The number of nitrogens with two attached hydrogens (primary N) is 1. The predicted octanol–water partition coefficient (Wildman–Crippen LogP) is 4.80. The lowest BCUT2D eigenvalue weighted by atomic mass is 9.58. The largest absolute Gasteiger partial charge is 0.375 e. The summed E-state index contributed by atoms with van der Waals surface area (Å²) in [4.78, 5) is 0. The Morgan fingerprint density at radius 3 is 2.40 bits per heavy atom. The second-order valence-electron chi connectivity index (χ2n) is 7.27. The Labute approximate surface area is 125 Å². The van der Waals surface area contributed by atoms with Gasteiger partial charge in [-0.3, -0.25) is 0 Å². The van der Waals surface area contributed by atoms with Crippen molar-refractivity contribution in [1.29, 1.82) is 0 Å². The maximum Gasteiger partial charge on any atom is 0.0664 e. The van der Waals surface area contributed by atoms with Gasteiger partial charge in [0.1, 0.15) is 0 Å². The van der Waals surface area contributed by atoms with E-state index in [2.05, 4.69) is 13.8 Å². The van der Waals surface area contributed by atoms with Gasteiger partial charge >= 0.3 is 0 Å².